The molecule has 3 heteroatoms. The zero-order valence-electron chi connectivity index (χ0n) is 4.67. The second kappa shape index (κ2) is 2.95. The third-order valence-corrected chi connectivity index (χ3v) is 4.71. The lowest BCUT2D eigenvalue weighted by Gasteiger charge is -2.11. The first-order valence-corrected chi connectivity index (χ1v) is 5.38. The number of alkyl halides is 2. The van der Waals surface area contributed by atoms with Crippen LogP contribution in [0, 0.1) is 0 Å². The summed E-state index contributed by atoms with van der Waals surface area (Å²) in [6.07, 6.45) is 0.888. The summed E-state index contributed by atoms with van der Waals surface area (Å²) in [5.41, 5.74) is 0. The number of rotatable bonds is 2. The van der Waals surface area contributed by atoms with Crippen LogP contribution >= 0.6 is 23.2 Å². The summed E-state index contributed by atoms with van der Waals surface area (Å²) >= 11 is 11.5. The quantitative estimate of drug-likeness (QED) is 0.423. The van der Waals surface area contributed by atoms with Crippen molar-refractivity contribution >= 4 is 32.7 Å². The third-order valence-electron chi connectivity index (χ3n) is 1.03. The normalized spacial score (nSPS) is 13.7. The van der Waals surface area contributed by atoms with Crippen molar-refractivity contribution in [2.24, 2.45) is 0 Å². The van der Waals surface area contributed by atoms with Crippen LogP contribution < -0.4 is 0 Å². The second-order valence-electron chi connectivity index (χ2n) is 1.56. The van der Waals surface area contributed by atoms with Gasteiger partial charge in [0.25, 0.3) is 0 Å². The molecule has 0 saturated heterocycles. The molecular formula is C4H10Cl2Si. The van der Waals surface area contributed by atoms with Crippen LogP contribution in [0.5, 0.6) is 0 Å². The van der Waals surface area contributed by atoms with Crippen molar-refractivity contribution in [1.29, 1.82) is 0 Å². The molecule has 7 heavy (non-hydrogen) atoms. The highest BCUT2D eigenvalue weighted by Gasteiger charge is 2.16. The monoisotopic (exact) mass is 156 g/mol. The average molecular weight is 157 g/mol. The summed E-state index contributed by atoms with van der Waals surface area (Å²) in [6.45, 7) is 4.12. The number of hydrogen-bond acceptors (Lipinski definition) is 0. The summed E-state index contributed by atoms with van der Waals surface area (Å²) in [5, 5.41) is 0. The van der Waals surface area contributed by atoms with Crippen molar-refractivity contribution in [3.63, 3.8) is 0 Å². The van der Waals surface area contributed by atoms with Gasteiger partial charge in [0.1, 0.15) is 3.96 Å². The van der Waals surface area contributed by atoms with E-state index in [-0.39, 0.29) is 13.5 Å². The van der Waals surface area contributed by atoms with E-state index in [4.69, 9.17) is 23.2 Å². The molecule has 0 aliphatic rings. The SMILES string of the molecule is CCC(Cl)(Cl)[SiH2]C. The topological polar surface area (TPSA) is 0 Å². The fourth-order valence-electron chi connectivity index (χ4n) is 0.250. The molecule has 0 unspecified atom stereocenters. The van der Waals surface area contributed by atoms with Gasteiger partial charge in [0.05, 0.1) is 9.52 Å². The molecule has 0 radical (unpaired) electrons. The van der Waals surface area contributed by atoms with Crippen molar-refractivity contribution in [3.8, 4) is 0 Å². The van der Waals surface area contributed by atoms with Gasteiger partial charge < -0.3 is 0 Å². The van der Waals surface area contributed by atoms with E-state index in [0.717, 1.165) is 6.42 Å². The minimum absolute atomic E-state index is 0.227. The van der Waals surface area contributed by atoms with Crippen LogP contribution in [0.15, 0.2) is 0 Å². The van der Waals surface area contributed by atoms with Gasteiger partial charge in [0.15, 0.2) is 0 Å². The van der Waals surface area contributed by atoms with Crippen LogP contribution in [0.25, 0.3) is 0 Å². The van der Waals surface area contributed by atoms with Gasteiger partial charge in [-0.3, -0.25) is 0 Å². The molecule has 0 fully saturated rings. The van der Waals surface area contributed by atoms with E-state index in [2.05, 4.69) is 6.55 Å². The maximum atomic E-state index is 5.73. The summed E-state index contributed by atoms with van der Waals surface area (Å²) in [6, 6.07) is 0. The number of hydrogen-bond donors (Lipinski definition) is 0. The van der Waals surface area contributed by atoms with Crippen molar-refractivity contribution in [2.75, 3.05) is 0 Å². The van der Waals surface area contributed by atoms with Crippen molar-refractivity contribution in [2.45, 2.75) is 23.8 Å². The maximum absolute atomic E-state index is 5.73. The van der Waals surface area contributed by atoms with Gasteiger partial charge in [-0.05, 0) is 6.42 Å². The molecule has 0 nitrogen and oxygen atoms in total. The predicted octanol–water partition coefficient (Wildman–Crippen LogP) is 1.74. The summed E-state index contributed by atoms with van der Waals surface area (Å²) in [4.78, 5) is 0. The molecule has 0 saturated carbocycles. The third kappa shape index (κ3) is 3.39. The van der Waals surface area contributed by atoms with Gasteiger partial charge in [-0.25, -0.2) is 0 Å². The standard InChI is InChI=1S/C4H10Cl2Si/c1-3-4(5,6)7-2/h3,7H2,1-2H3. The van der Waals surface area contributed by atoms with E-state index in [0.29, 0.717) is 0 Å². The Balaban J connectivity index is 3.36. The van der Waals surface area contributed by atoms with E-state index in [9.17, 15) is 0 Å². The first-order valence-electron chi connectivity index (χ1n) is 2.50. The molecule has 44 valence electrons. The lowest BCUT2D eigenvalue weighted by molar-refractivity contribution is 0.963. The van der Waals surface area contributed by atoms with E-state index < -0.39 is 0 Å². The van der Waals surface area contributed by atoms with Crippen molar-refractivity contribution < 1.29 is 0 Å². The lowest BCUT2D eigenvalue weighted by atomic mass is 10.6. The highest BCUT2D eigenvalue weighted by atomic mass is 35.5. The molecule has 0 aromatic rings. The smallest absolute Gasteiger partial charge is 0.100 e. The Morgan fingerprint density at radius 1 is 1.57 bits per heavy atom. The van der Waals surface area contributed by atoms with Crippen LogP contribution in [0.4, 0.5) is 0 Å². The minimum atomic E-state index is -0.333. The first-order chi connectivity index (χ1) is 3.12. The largest absolute Gasteiger partial charge is 0.107 e. The van der Waals surface area contributed by atoms with E-state index in [1.54, 1.807) is 0 Å². The van der Waals surface area contributed by atoms with Gasteiger partial charge in [0, 0.05) is 0 Å². The first kappa shape index (κ1) is 7.80. The van der Waals surface area contributed by atoms with Gasteiger partial charge in [0.2, 0.25) is 0 Å². The fraction of sp³-hybridized carbons (Fsp3) is 1.00. The molecule has 0 N–H and O–H groups in total. The molecule has 0 bridgehead atoms. The van der Waals surface area contributed by atoms with E-state index in [1.807, 2.05) is 6.92 Å². The summed E-state index contributed by atoms with van der Waals surface area (Å²) < 4.78 is -0.333. The van der Waals surface area contributed by atoms with Crippen LogP contribution in [-0.2, 0) is 0 Å². The van der Waals surface area contributed by atoms with Gasteiger partial charge in [-0.2, -0.15) is 0 Å². The Labute approximate surface area is 57.0 Å². The van der Waals surface area contributed by atoms with Gasteiger partial charge in [-0.1, -0.05) is 13.5 Å². The summed E-state index contributed by atoms with van der Waals surface area (Å²) in [5.74, 6) is 0. The molecule has 0 aromatic carbocycles. The molecule has 0 aliphatic carbocycles. The fourth-order valence-corrected chi connectivity index (χ4v) is 0.750. The zero-order chi connectivity index (χ0) is 5.91. The zero-order valence-corrected chi connectivity index (χ0v) is 7.60. The Bertz CT molecular complexity index is 47.7. The van der Waals surface area contributed by atoms with Crippen molar-refractivity contribution in [3.05, 3.63) is 0 Å². The molecule has 0 atom stereocenters. The maximum Gasteiger partial charge on any atom is 0.100 e. The molecule has 0 aromatic heterocycles. The van der Waals surface area contributed by atoms with E-state index >= 15 is 0 Å². The molecule has 0 aliphatic heterocycles. The second-order valence-corrected chi connectivity index (χ2v) is 6.01. The van der Waals surface area contributed by atoms with Crippen molar-refractivity contribution in [1.82, 2.24) is 0 Å². The highest BCUT2D eigenvalue weighted by molar-refractivity contribution is 6.72. The Morgan fingerprint density at radius 3 is 2.00 bits per heavy atom. The Hall–Kier alpha value is 0.797. The molecule has 0 amide bonds. The molecule has 0 heterocycles. The minimum Gasteiger partial charge on any atom is -0.107 e. The van der Waals surface area contributed by atoms with Crippen LogP contribution in [-0.4, -0.2) is 13.5 Å². The Morgan fingerprint density at radius 2 is 2.00 bits per heavy atom. The molecular weight excluding hydrogens is 147 g/mol. The van der Waals surface area contributed by atoms with Gasteiger partial charge in [-0.15, -0.1) is 23.2 Å². The van der Waals surface area contributed by atoms with E-state index in [1.165, 1.54) is 0 Å². The lowest BCUT2D eigenvalue weighted by Crippen LogP contribution is -2.17. The molecule has 0 spiro atoms. The van der Waals surface area contributed by atoms with Crippen LogP contribution in [0.2, 0.25) is 6.55 Å². The van der Waals surface area contributed by atoms with Crippen LogP contribution in [0.3, 0.4) is 0 Å². The van der Waals surface area contributed by atoms with Gasteiger partial charge >= 0.3 is 0 Å². The highest BCUT2D eigenvalue weighted by Crippen LogP contribution is 2.22. The number of halogens is 2. The Kier molecular flexibility index (Phi) is 3.29. The average Bonchev–Trinajstić information content (AvgIpc) is 1.68. The van der Waals surface area contributed by atoms with Crippen LogP contribution in [0.1, 0.15) is 13.3 Å². The molecule has 0 rings (SSSR count). The predicted molar refractivity (Wildman–Crippen MR) is 39.1 cm³/mol. The summed E-state index contributed by atoms with van der Waals surface area (Å²) in [7, 11) is -0.227.